The zero-order chi connectivity index (χ0) is 8.81. The van der Waals surface area contributed by atoms with Gasteiger partial charge in [0.25, 0.3) is 0 Å². The summed E-state index contributed by atoms with van der Waals surface area (Å²) in [6.45, 7) is 3.08. The average Bonchev–Trinajstić information content (AvgIpc) is 2.52. The van der Waals surface area contributed by atoms with Gasteiger partial charge in [-0.15, -0.1) is 0 Å². The second-order valence-corrected chi connectivity index (χ2v) is 3.79. The second-order valence-electron chi connectivity index (χ2n) is 2.40. The standard InChI is InChI=1S/C9H12N2S/c1-2-12-7-6-11-5-3-4-9(11)8-10/h3-5H,2,6-7H2,1H3. The number of thioether (sulfide) groups is 1. The molecule has 12 heavy (non-hydrogen) atoms. The van der Waals surface area contributed by atoms with Crippen molar-refractivity contribution >= 4 is 11.8 Å². The van der Waals surface area contributed by atoms with E-state index in [1.807, 2.05) is 34.7 Å². The molecule has 64 valence electrons. The van der Waals surface area contributed by atoms with Crippen LogP contribution in [0.3, 0.4) is 0 Å². The highest BCUT2D eigenvalue weighted by Crippen LogP contribution is 2.04. The Labute approximate surface area is 77.2 Å². The lowest BCUT2D eigenvalue weighted by atomic mass is 10.5. The number of aromatic nitrogens is 1. The first-order valence-electron chi connectivity index (χ1n) is 4.01. The molecule has 1 aromatic rings. The van der Waals surface area contributed by atoms with Crippen molar-refractivity contribution in [1.29, 1.82) is 5.26 Å². The molecule has 0 unspecified atom stereocenters. The quantitative estimate of drug-likeness (QED) is 0.664. The van der Waals surface area contributed by atoms with E-state index >= 15 is 0 Å². The first kappa shape index (κ1) is 9.21. The molecule has 0 radical (unpaired) electrons. The van der Waals surface area contributed by atoms with Gasteiger partial charge < -0.3 is 4.57 Å². The summed E-state index contributed by atoms with van der Waals surface area (Å²) in [5.41, 5.74) is 0.756. The molecular weight excluding hydrogens is 168 g/mol. The van der Waals surface area contributed by atoms with Crippen LogP contribution in [0, 0.1) is 11.3 Å². The molecule has 0 aliphatic heterocycles. The van der Waals surface area contributed by atoms with Crippen molar-refractivity contribution in [3.8, 4) is 6.07 Å². The van der Waals surface area contributed by atoms with E-state index in [1.54, 1.807) is 0 Å². The van der Waals surface area contributed by atoms with Crippen LogP contribution in [0.5, 0.6) is 0 Å². The molecule has 0 fully saturated rings. The Morgan fingerprint density at radius 1 is 1.67 bits per heavy atom. The van der Waals surface area contributed by atoms with Gasteiger partial charge in [0, 0.05) is 18.5 Å². The third-order valence-electron chi connectivity index (χ3n) is 1.62. The van der Waals surface area contributed by atoms with Gasteiger partial charge in [0.2, 0.25) is 0 Å². The van der Waals surface area contributed by atoms with Crippen LogP contribution in [0.25, 0.3) is 0 Å². The summed E-state index contributed by atoms with van der Waals surface area (Å²) in [6, 6.07) is 5.91. The van der Waals surface area contributed by atoms with Gasteiger partial charge in [-0.1, -0.05) is 6.92 Å². The molecule has 0 aliphatic rings. The van der Waals surface area contributed by atoms with Crippen molar-refractivity contribution in [2.75, 3.05) is 11.5 Å². The van der Waals surface area contributed by atoms with Crippen molar-refractivity contribution in [2.45, 2.75) is 13.5 Å². The van der Waals surface area contributed by atoms with Crippen LogP contribution in [0.1, 0.15) is 12.6 Å². The van der Waals surface area contributed by atoms with E-state index in [0.29, 0.717) is 0 Å². The molecule has 0 bridgehead atoms. The minimum absolute atomic E-state index is 0.756. The van der Waals surface area contributed by atoms with Crippen molar-refractivity contribution in [2.24, 2.45) is 0 Å². The third kappa shape index (κ3) is 2.31. The van der Waals surface area contributed by atoms with Crippen molar-refractivity contribution in [3.05, 3.63) is 24.0 Å². The van der Waals surface area contributed by atoms with Crippen LogP contribution in [-0.2, 0) is 6.54 Å². The Morgan fingerprint density at radius 3 is 3.17 bits per heavy atom. The topological polar surface area (TPSA) is 28.7 Å². The molecular formula is C9H12N2S. The van der Waals surface area contributed by atoms with Gasteiger partial charge in [-0.25, -0.2) is 0 Å². The van der Waals surface area contributed by atoms with E-state index in [9.17, 15) is 0 Å². The molecule has 1 rings (SSSR count). The molecule has 0 aliphatic carbocycles. The molecule has 0 atom stereocenters. The predicted molar refractivity (Wildman–Crippen MR) is 52.1 cm³/mol. The molecule has 2 nitrogen and oxygen atoms in total. The lowest BCUT2D eigenvalue weighted by Crippen LogP contribution is -2.01. The highest BCUT2D eigenvalue weighted by Gasteiger charge is 1.97. The van der Waals surface area contributed by atoms with Crippen molar-refractivity contribution in [3.63, 3.8) is 0 Å². The zero-order valence-electron chi connectivity index (χ0n) is 7.16. The largest absolute Gasteiger partial charge is 0.339 e. The molecule has 1 heterocycles. The summed E-state index contributed by atoms with van der Waals surface area (Å²) in [7, 11) is 0. The number of hydrogen-bond acceptors (Lipinski definition) is 2. The molecule has 0 saturated carbocycles. The van der Waals surface area contributed by atoms with Gasteiger partial charge in [0.1, 0.15) is 11.8 Å². The minimum atomic E-state index is 0.756. The van der Waals surface area contributed by atoms with Gasteiger partial charge in [0.15, 0.2) is 0 Å². The Kier molecular flexibility index (Phi) is 3.75. The lowest BCUT2D eigenvalue weighted by Gasteiger charge is -2.02. The van der Waals surface area contributed by atoms with Crippen LogP contribution >= 0.6 is 11.8 Å². The fraction of sp³-hybridized carbons (Fsp3) is 0.444. The van der Waals surface area contributed by atoms with E-state index in [4.69, 9.17) is 5.26 Å². The van der Waals surface area contributed by atoms with Crippen molar-refractivity contribution < 1.29 is 0 Å². The number of nitrogens with zero attached hydrogens (tertiary/aromatic N) is 2. The zero-order valence-corrected chi connectivity index (χ0v) is 7.97. The average molecular weight is 180 g/mol. The summed E-state index contributed by atoms with van der Waals surface area (Å²) in [4.78, 5) is 0. The smallest absolute Gasteiger partial charge is 0.120 e. The number of aryl methyl sites for hydroxylation is 1. The maximum Gasteiger partial charge on any atom is 0.120 e. The molecule has 1 aromatic heterocycles. The predicted octanol–water partition coefficient (Wildman–Crippen LogP) is 2.11. The Morgan fingerprint density at radius 2 is 2.50 bits per heavy atom. The maximum atomic E-state index is 8.69. The number of hydrogen-bond donors (Lipinski definition) is 0. The van der Waals surface area contributed by atoms with E-state index < -0.39 is 0 Å². The Bertz CT molecular complexity index is 272. The SMILES string of the molecule is CCSCCn1cccc1C#N. The summed E-state index contributed by atoms with van der Waals surface area (Å²) >= 11 is 1.90. The van der Waals surface area contributed by atoms with Gasteiger partial charge in [-0.3, -0.25) is 0 Å². The summed E-state index contributed by atoms with van der Waals surface area (Å²) in [5.74, 6) is 2.23. The Hall–Kier alpha value is -0.880. The first-order valence-corrected chi connectivity index (χ1v) is 5.17. The van der Waals surface area contributed by atoms with Crippen LogP contribution in [0.2, 0.25) is 0 Å². The normalized spacial score (nSPS) is 9.67. The monoisotopic (exact) mass is 180 g/mol. The van der Waals surface area contributed by atoms with Gasteiger partial charge >= 0.3 is 0 Å². The molecule has 3 heteroatoms. The fourth-order valence-electron chi connectivity index (χ4n) is 1.02. The first-order chi connectivity index (χ1) is 5.88. The molecule has 0 amide bonds. The van der Waals surface area contributed by atoms with Gasteiger partial charge in [-0.2, -0.15) is 17.0 Å². The molecule has 0 saturated heterocycles. The number of rotatable bonds is 4. The van der Waals surface area contributed by atoms with Crippen LogP contribution in [0.4, 0.5) is 0 Å². The number of nitriles is 1. The fourth-order valence-corrected chi connectivity index (χ4v) is 1.63. The van der Waals surface area contributed by atoms with E-state index in [2.05, 4.69) is 13.0 Å². The van der Waals surface area contributed by atoms with E-state index in [0.717, 1.165) is 23.7 Å². The highest BCUT2D eigenvalue weighted by molar-refractivity contribution is 7.99. The van der Waals surface area contributed by atoms with Gasteiger partial charge in [-0.05, 0) is 17.9 Å². The minimum Gasteiger partial charge on any atom is -0.339 e. The molecule has 0 aromatic carbocycles. The summed E-state index contributed by atoms with van der Waals surface area (Å²) in [5, 5.41) is 8.69. The summed E-state index contributed by atoms with van der Waals surface area (Å²) in [6.07, 6.45) is 1.95. The third-order valence-corrected chi connectivity index (χ3v) is 2.50. The van der Waals surface area contributed by atoms with E-state index in [-0.39, 0.29) is 0 Å². The van der Waals surface area contributed by atoms with Crippen molar-refractivity contribution in [1.82, 2.24) is 4.57 Å². The summed E-state index contributed by atoms with van der Waals surface area (Å²) < 4.78 is 1.99. The maximum absolute atomic E-state index is 8.69. The highest BCUT2D eigenvalue weighted by atomic mass is 32.2. The van der Waals surface area contributed by atoms with Gasteiger partial charge in [0.05, 0.1) is 0 Å². The van der Waals surface area contributed by atoms with Crippen LogP contribution < -0.4 is 0 Å². The van der Waals surface area contributed by atoms with Crippen LogP contribution in [0.15, 0.2) is 18.3 Å². The van der Waals surface area contributed by atoms with Crippen LogP contribution in [-0.4, -0.2) is 16.1 Å². The van der Waals surface area contributed by atoms with E-state index in [1.165, 1.54) is 0 Å². The lowest BCUT2D eigenvalue weighted by molar-refractivity contribution is 0.767. The molecule has 0 spiro atoms. The molecule has 0 N–H and O–H groups in total. The Balaban J connectivity index is 2.46. The second kappa shape index (κ2) is 4.89.